The Hall–Kier alpha value is -0.260. The fraction of sp³-hybridized carbons (Fsp3) is 0.875. The summed E-state index contributed by atoms with van der Waals surface area (Å²) in [6, 6.07) is 0. The molecule has 1 atom stereocenters. The lowest BCUT2D eigenvalue weighted by Gasteiger charge is -2.35. The van der Waals surface area contributed by atoms with Gasteiger partial charge in [-0.25, -0.2) is 0 Å². The van der Waals surface area contributed by atoms with Crippen LogP contribution in [0.5, 0.6) is 0 Å². The Labute approximate surface area is 103 Å². The highest BCUT2D eigenvalue weighted by Gasteiger charge is 2.27. The van der Waals surface area contributed by atoms with E-state index in [1.54, 1.807) is 11.1 Å². The van der Waals surface area contributed by atoms with Crippen LogP contribution in [0.15, 0.2) is 11.1 Å². The molecule has 0 nitrogen and oxygen atoms in total. The monoisotopic (exact) mass is 222 g/mol. The van der Waals surface area contributed by atoms with Crippen molar-refractivity contribution < 1.29 is 0 Å². The molecular weight excluding hydrogens is 192 g/mol. The molecule has 0 saturated carbocycles. The predicted octanol–water partition coefficient (Wildman–Crippen LogP) is 5.73. The zero-order valence-corrected chi connectivity index (χ0v) is 12.0. The third-order valence-electron chi connectivity index (χ3n) is 4.35. The zero-order valence-electron chi connectivity index (χ0n) is 12.0. The third-order valence-corrected chi connectivity index (χ3v) is 4.35. The quantitative estimate of drug-likeness (QED) is 0.521. The SMILES string of the molecule is CCCC(C)CCC1=C(C)CCCC1(C)C. The highest BCUT2D eigenvalue weighted by Crippen LogP contribution is 2.42. The van der Waals surface area contributed by atoms with Crippen molar-refractivity contribution in [1.82, 2.24) is 0 Å². The van der Waals surface area contributed by atoms with E-state index < -0.39 is 0 Å². The Kier molecular flexibility index (Phi) is 5.08. The maximum Gasteiger partial charge on any atom is -0.0142 e. The smallest absolute Gasteiger partial charge is 0.0142 e. The summed E-state index contributed by atoms with van der Waals surface area (Å²) in [7, 11) is 0. The fourth-order valence-corrected chi connectivity index (χ4v) is 3.25. The molecule has 0 aromatic rings. The second-order valence-corrected chi connectivity index (χ2v) is 6.43. The van der Waals surface area contributed by atoms with Gasteiger partial charge in [-0.2, -0.15) is 0 Å². The average molecular weight is 222 g/mol. The second-order valence-electron chi connectivity index (χ2n) is 6.43. The second kappa shape index (κ2) is 5.89. The predicted molar refractivity (Wildman–Crippen MR) is 73.6 cm³/mol. The van der Waals surface area contributed by atoms with Crippen LogP contribution in [-0.4, -0.2) is 0 Å². The summed E-state index contributed by atoms with van der Waals surface area (Å²) >= 11 is 0. The summed E-state index contributed by atoms with van der Waals surface area (Å²) in [6.07, 6.45) is 9.61. The van der Waals surface area contributed by atoms with Gasteiger partial charge in [-0.1, -0.05) is 51.7 Å². The van der Waals surface area contributed by atoms with Crippen molar-refractivity contribution in [2.45, 2.75) is 79.6 Å². The van der Waals surface area contributed by atoms with Gasteiger partial charge in [0.15, 0.2) is 0 Å². The maximum absolute atomic E-state index is 2.44. The highest BCUT2D eigenvalue weighted by molar-refractivity contribution is 5.22. The lowest BCUT2D eigenvalue weighted by atomic mass is 9.70. The van der Waals surface area contributed by atoms with Crippen molar-refractivity contribution in [3.05, 3.63) is 11.1 Å². The van der Waals surface area contributed by atoms with E-state index in [-0.39, 0.29) is 0 Å². The van der Waals surface area contributed by atoms with Gasteiger partial charge in [-0.15, -0.1) is 0 Å². The van der Waals surface area contributed by atoms with Gasteiger partial charge in [0.05, 0.1) is 0 Å². The van der Waals surface area contributed by atoms with Gasteiger partial charge in [0, 0.05) is 0 Å². The van der Waals surface area contributed by atoms with E-state index in [1.807, 2.05) is 0 Å². The van der Waals surface area contributed by atoms with Crippen LogP contribution in [0, 0.1) is 11.3 Å². The largest absolute Gasteiger partial charge is 0.0736 e. The van der Waals surface area contributed by atoms with E-state index in [0.29, 0.717) is 5.41 Å². The first kappa shape index (κ1) is 13.8. The Morgan fingerprint density at radius 2 is 1.94 bits per heavy atom. The average Bonchev–Trinajstić information content (AvgIpc) is 2.16. The van der Waals surface area contributed by atoms with Gasteiger partial charge >= 0.3 is 0 Å². The summed E-state index contributed by atoms with van der Waals surface area (Å²) in [6.45, 7) is 12.0. The molecule has 0 saturated heterocycles. The molecule has 0 bridgehead atoms. The van der Waals surface area contributed by atoms with Gasteiger partial charge in [0.2, 0.25) is 0 Å². The minimum Gasteiger partial charge on any atom is -0.0736 e. The number of hydrogen-bond donors (Lipinski definition) is 0. The van der Waals surface area contributed by atoms with Crippen LogP contribution in [0.25, 0.3) is 0 Å². The molecule has 94 valence electrons. The highest BCUT2D eigenvalue weighted by atomic mass is 14.3. The van der Waals surface area contributed by atoms with Gasteiger partial charge in [-0.05, 0) is 50.4 Å². The number of hydrogen-bond acceptors (Lipinski definition) is 0. The molecule has 0 aromatic heterocycles. The van der Waals surface area contributed by atoms with Crippen LogP contribution < -0.4 is 0 Å². The topological polar surface area (TPSA) is 0 Å². The van der Waals surface area contributed by atoms with E-state index in [4.69, 9.17) is 0 Å². The van der Waals surface area contributed by atoms with Crippen LogP contribution in [0.1, 0.15) is 79.6 Å². The van der Waals surface area contributed by atoms with Crippen molar-refractivity contribution in [3.8, 4) is 0 Å². The van der Waals surface area contributed by atoms with Gasteiger partial charge in [-0.3, -0.25) is 0 Å². The minimum absolute atomic E-state index is 0.480. The van der Waals surface area contributed by atoms with Crippen molar-refractivity contribution >= 4 is 0 Å². The first-order valence-electron chi connectivity index (χ1n) is 7.16. The Bertz CT molecular complexity index is 245. The molecule has 0 aliphatic heterocycles. The summed E-state index contributed by atoms with van der Waals surface area (Å²) in [4.78, 5) is 0. The summed E-state index contributed by atoms with van der Waals surface area (Å²) in [5.41, 5.74) is 3.95. The van der Waals surface area contributed by atoms with E-state index in [1.165, 1.54) is 44.9 Å². The van der Waals surface area contributed by atoms with Crippen LogP contribution in [0.2, 0.25) is 0 Å². The molecule has 1 aliphatic carbocycles. The molecule has 1 aliphatic rings. The normalized spacial score (nSPS) is 22.3. The van der Waals surface area contributed by atoms with Crippen molar-refractivity contribution in [3.63, 3.8) is 0 Å². The molecule has 0 amide bonds. The van der Waals surface area contributed by atoms with E-state index in [2.05, 4.69) is 34.6 Å². The van der Waals surface area contributed by atoms with E-state index >= 15 is 0 Å². The summed E-state index contributed by atoms with van der Waals surface area (Å²) in [5, 5.41) is 0. The lowest BCUT2D eigenvalue weighted by Crippen LogP contribution is -2.20. The maximum atomic E-state index is 2.44. The van der Waals surface area contributed by atoms with E-state index in [9.17, 15) is 0 Å². The molecule has 0 heterocycles. The Morgan fingerprint density at radius 3 is 2.50 bits per heavy atom. The molecular formula is C16H30. The van der Waals surface area contributed by atoms with Crippen molar-refractivity contribution in [1.29, 1.82) is 0 Å². The Balaban J connectivity index is 2.56. The molecule has 0 aromatic carbocycles. The molecule has 0 N–H and O–H groups in total. The molecule has 16 heavy (non-hydrogen) atoms. The van der Waals surface area contributed by atoms with E-state index in [0.717, 1.165) is 5.92 Å². The number of rotatable bonds is 5. The first-order chi connectivity index (χ1) is 7.47. The lowest BCUT2D eigenvalue weighted by molar-refractivity contribution is 0.342. The van der Waals surface area contributed by atoms with Crippen LogP contribution >= 0.6 is 0 Å². The fourth-order valence-electron chi connectivity index (χ4n) is 3.25. The van der Waals surface area contributed by atoms with Crippen molar-refractivity contribution in [2.24, 2.45) is 11.3 Å². The molecule has 1 unspecified atom stereocenters. The summed E-state index contributed by atoms with van der Waals surface area (Å²) in [5.74, 6) is 0.906. The molecule has 1 rings (SSSR count). The third kappa shape index (κ3) is 3.64. The molecule has 0 fully saturated rings. The van der Waals surface area contributed by atoms with Crippen LogP contribution in [0.3, 0.4) is 0 Å². The first-order valence-corrected chi connectivity index (χ1v) is 7.16. The summed E-state index contributed by atoms with van der Waals surface area (Å²) < 4.78 is 0. The number of allylic oxidation sites excluding steroid dienone is 2. The standard InChI is InChI=1S/C16H30/c1-6-8-13(2)10-11-15-14(3)9-7-12-16(15,4)5/h13H,6-12H2,1-5H3. The minimum atomic E-state index is 0.480. The molecule has 0 radical (unpaired) electrons. The van der Waals surface area contributed by atoms with Crippen LogP contribution in [0.4, 0.5) is 0 Å². The zero-order chi connectivity index (χ0) is 12.2. The van der Waals surface area contributed by atoms with Crippen LogP contribution in [-0.2, 0) is 0 Å². The van der Waals surface area contributed by atoms with Gasteiger partial charge in [0.1, 0.15) is 0 Å². The molecule has 0 heteroatoms. The molecule has 0 spiro atoms. The Morgan fingerprint density at radius 1 is 1.25 bits per heavy atom. The van der Waals surface area contributed by atoms with Crippen molar-refractivity contribution in [2.75, 3.05) is 0 Å². The van der Waals surface area contributed by atoms with Gasteiger partial charge < -0.3 is 0 Å². The van der Waals surface area contributed by atoms with Gasteiger partial charge in [0.25, 0.3) is 0 Å².